The van der Waals surface area contributed by atoms with Gasteiger partial charge in [0.25, 0.3) is 0 Å². The Morgan fingerprint density at radius 2 is 2.30 bits per heavy atom. The van der Waals surface area contributed by atoms with Gasteiger partial charge in [0.05, 0.1) is 42.6 Å². The summed E-state index contributed by atoms with van der Waals surface area (Å²) in [6.45, 7) is 5.88. The van der Waals surface area contributed by atoms with Gasteiger partial charge in [0, 0.05) is 24.7 Å². The number of rotatable bonds is 5. The maximum atomic E-state index is 11.0. The summed E-state index contributed by atoms with van der Waals surface area (Å²) >= 11 is 0. The van der Waals surface area contributed by atoms with Gasteiger partial charge in [-0.1, -0.05) is 0 Å². The maximum absolute atomic E-state index is 11.0. The van der Waals surface area contributed by atoms with Gasteiger partial charge < -0.3 is 5.32 Å². The van der Waals surface area contributed by atoms with Crippen molar-refractivity contribution in [1.29, 1.82) is 0 Å². The Hall–Kier alpha value is -2.28. The number of nitrogens with one attached hydrogen (secondary N) is 2. The van der Waals surface area contributed by atoms with Gasteiger partial charge in [0.2, 0.25) is 5.91 Å². The topological polar surface area (TPSA) is 86.8 Å². The molecule has 7 nitrogen and oxygen atoms in total. The van der Waals surface area contributed by atoms with Crippen molar-refractivity contribution in [2.45, 2.75) is 45.8 Å². The number of amides is 1. The summed E-state index contributed by atoms with van der Waals surface area (Å²) in [5.74, 6) is -0.0601. The van der Waals surface area contributed by atoms with E-state index < -0.39 is 0 Å². The fourth-order valence-electron chi connectivity index (χ4n) is 2.99. The molecule has 1 saturated heterocycles. The average molecular weight is 314 g/mol. The van der Waals surface area contributed by atoms with Gasteiger partial charge in [-0.2, -0.15) is 5.10 Å². The molecule has 0 aliphatic carbocycles. The third-order valence-electron chi connectivity index (χ3n) is 4.23. The number of nitrogens with zero attached hydrogens (tertiary/aromatic N) is 4. The van der Waals surface area contributed by atoms with Crippen molar-refractivity contribution >= 4 is 5.91 Å². The molecule has 2 N–H and O–H groups in total. The highest BCUT2D eigenvalue weighted by atomic mass is 16.1. The quantitative estimate of drug-likeness (QED) is 0.873. The van der Waals surface area contributed by atoms with Crippen molar-refractivity contribution in [2.75, 3.05) is 6.54 Å². The van der Waals surface area contributed by atoms with Crippen LogP contribution in [0, 0.1) is 6.92 Å². The van der Waals surface area contributed by atoms with Gasteiger partial charge in [0.15, 0.2) is 0 Å². The molecule has 0 bridgehead atoms. The third kappa shape index (κ3) is 3.73. The molecule has 2 aromatic rings. The lowest BCUT2D eigenvalue weighted by Gasteiger charge is -2.23. The third-order valence-corrected chi connectivity index (χ3v) is 4.23. The van der Waals surface area contributed by atoms with Crippen LogP contribution in [0.25, 0.3) is 0 Å². The molecule has 0 aromatic carbocycles. The number of H-pyrrole nitrogens is 1. The van der Waals surface area contributed by atoms with Crippen LogP contribution in [0.3, 0.4) is 0 Å². The molecule has 1 aliphatic rings. The summed E-state index contributed by atoms with van der Waals surface area (Å²) in [6.07, 6.45) is 7.67. The van der Waals surface area contributed by atoms with Crippen molar-refractivity contribution in [1.82, 2.24) is 30.4 Å². The van der Waals surface area contributed by atoms with E-state index in [0.29, 0.717) is 6.54 Å². The second-order valence-corrected chi connectivity index (χ2v) is 5.99. The van der Waals surface area contributed by atoms with E-state index in [0.717, 1.165) is 43.0 Å². The summed E-state index contributed by atoms with van der Waals surface area (Å²) in [5, 5.41) is 9.85. The highest BCUT2D eigenvalue weighted by molar-refractivity contribution is 5.72. The van der Waals surface area contributed by atoms with Gasteiger partial charge in [0.1, 0.15) is 0 Å². The minimum absolute atomic E-state index is 0.0601. The first-order chi connectivity index (χ1) is 11.1. The van der Waals surface area contributed by atoms with Crippen LogP contribution in [-0.2, 0) is 17.9 Å². The van der Waals surface area contributed by atoms with E-state index in [-0.39, 0.29) is 11.9 Å². The number of hydrogen-bond donors (Lipinski definition) is 2. The van der Waals surface area contributed by atoms with Crippen LogP contribution in [0.4, 0.5) is 0 Å². The largest absolute Gasteiger partial charge is 0.351 e. The van der Waals surface area contributed by atoms with Gasteiger partial charge >= 0.3 is 0 Å². The van der Waals surface area contributed by atoms with E-state index in [1.54, 1.807) is 6.20 Å². The Bertz CT molecular complexity index is 683. The number of aryl methyl sites for hydroxylation is 1. The van der Waals surface area contributed by atoms with E-state index in [9.17, 15) is 4.79 Å². The summed E-state index contributed by atoms with van der Waals surface area (Å²) in [7, 11) is 0. The molecule has 1 fully saturated rings. The van der Waals surface area contributed by atoms with Gasteiger partial charge in [-0.3, -0.25) is 24.8 Å². The highest BCUT2D eigenvalue weighted by Crippen LogP contribution is 2.32. The zero-order valence-electron chi connectivity index (χ0n) is 13.5. The van der Waals surface area contributed by atoms with Crippen molar-refractivity contribution in [2.24, 2.45) is 0 Å². The van der Waals surface area contributed by atoms with E-state index in [4.69, 9.17) is 0 Å². The Labute approximate surface area is 135 Å². The second kappa shape index (κ2) is 6.87. The minimum Gasteiger partial charge on any atom is -0.351 e. The summed E-state index contributed by atoms with van der Waals surface area (Å²) in [5.41, 5.74) is 4.11. The molecule has 0 radical (unpaired) electrons. The molecule has 2 aromatic heterocycles. The van der Waals surface area contributed by atoms with Crippen LogP contribution < -0.4 is 5.32 Å². The van der Waals surface area contributed by atoms with Crippen molar-refractivity contribution in [3.8, 4) is 0 Å². The average Bonchev–Trinajstić information content (AvgIpc) is 3.16. The first-order valence-corrected chi connectivity index (χ1v) is 7.91. The van der Waals surface area contributed by atoms with E-state index in [2.05, 4.69) is 30.4 Å². The summed E-state index contributed by atoms with van der Waals surface area (Å²) < 4.78 is 0. The van der Waals surface area contributed by atoms with Gasteiger partial charge in [-0.25, -0.2) is 0 Å². The molecule has 3 rings (SSSR count). The van der Waals surface area contributed by atoms with Gasteiger partial charge in [-0.05, 0) is 26.3 Å². The molecule has 0 saturated carbocycles. The van der Waals surface area contributed by atoms with Crippen LogP contribution in [0.15, 0.2) is 18.6 Å². The number of hydrogen-bond acceptors (Lipinski definition) is 5. The molecular weight excluding hydrogens is 292 g/mol. The van der Waals surface area contributed by atoms with Crippen LogP contribution in [-0.4, -0.2) is 37.5 Å². The zero-order chi connectivity index (χ0) is 16.2. The van der Waals surface area contributed by atoms with Crippen molar-refractivity contribution < 1.29 is 4.79 Å². The SMILES string of the molecule is CC(=O)NCc1cncc([C@@H]2CCCN2Cc2cn[nH]c2C)n1. The molecule has 1 aliphatic heterocycles. The lowest BCUT2D eigenvalue weighted by Crippen LogP contribution is -2.25. The number of aromatic amines is 1. The molecular formula is C16H22N6O. The lowest BCUT2D eigenvalue weighted by molar-refractivity contribution is -0.119. The van der Waals surface area contributed by atoms with Crippen LogP contribution in [0.5, 0.6) is 0 Å². The van der Waals surface area contributed by atoms with Crippen molar-refractivity contribution in [3.05, 3.63) is 41.2 Å². The predicted molar refractivity (Wildman–Crippen MR) is 85.3 cm³/mol. The number of carbonyl (C=O) groups excluding carboxylic acids is 1. The first-order valence-electron chi connectivity index (χ1n) is 7.91. The van der Waals surface area contributed by atoms with Crippen molar-refractivity contribution in [3.63, 3.8) is 0 Å². The fraction of sp³-hybridized carbons (Fsp3) is 0.500. The minimum atomic E-state index is -0.0601. The molecule has 122 valence electrons. The Kier molecular flexibility index (Phi) is 4.66. The molecule has 0 unspecified atom stereocenters. The maximum Gasteiger partial charge on any atom is 0.217 e. The molecule has 3 heterocycles. The van der Waals surface area contributed by atoms with E-state index in [1.807, 2.05) is 19.3 Å². The van der Waals surface area contributed by atoms with Crippen LogP contribution >= 0.6 is 0 Å². The molecule has 1 amide bonds. The van der Waals surface area contributed by atoms with Crippen LogP contribution in [0.2, 0.25) is 0 Å². The van der Waals surface area contributed by atoms with E-state index >= 15 is 0 Å². The molecule has 1 atom stereocenters. The number of likely N-dealkylation sites (tertiary alicyclic amines) is 1. The number of carbonyl (C=O) groups is 1. The Balaban J connectivity index is 1.73. The van der Waals surface area contributed by atoms with E-state index in [1.165, 1.54) is 12.5 Å². The monoisotopic (exact) mass is 314 g/mol. The second-order valence-electron chi connectivity index (χ2n) is 5.99. The fourth-order valence-corrected chi connectivity index (χ4v) is 2.99. The Morgan fingerprint density at radius 1 is 1.43 bits per heavy atom. The predicted octanol–water partition coefficient (Wildman–Crippen LogP) is 1.48. The smallest absolute Gasteiger partial charge is 0.217 e. The normalized spacial score (nSPS) is 18.3. The van der Waals surface area contributed by atoms with Crippen LogP contribution in [0.1, 0.15) is 48.5 Å². The zero-order valence-corrected chi connectivity index (χ0v) is 13.5. The Morgan fingerprint density at radius 3 is 3.04 bits per heavy atom. The first kappa shape index (κ1) is 15.6. The number of aromatic nitrogens is 4. The molecule has 23 heavy (non-hydrogen) atoms. The standard InChI is InChI=1S/C16H22N6O/c1-11-13(6-19-21-11)10-22-5-3-4-16(22)15-9-17-7-14(20-15)8-18-12(2)23/h6-7,9,16H,3-5,8,10H2,1-2H3,(H,18,23)(H,19,21)/t16-/m0/s1. The highest BCUT2D eigenvalue weighted by Gasteiger charge is 2.28. The molecule has 0 spiro atoms. The molecule has 7 heteroatoms. The van der Waals surface area contributed by atoms with Gasteiger partial charge in [-0.15, -0.1) is 0 Å². The summed E-state index contributed by atoms with van der Waals surface area (Å²) in [4.78, 5) is 22.4. The lowest BCUT2D eigenvalue weighted by atomic mass is 10.1. The summed E-state index contributed by atoms with van der Waals surface area (Å²) in [6, 6.07) is 0.272.